The van der Waals surface area contributed by atoms with E-state index in [4.69, 9.17) is 16.2 Å². The summed E-state index contributed by atoms with van der Waals surface area (Å²) in [7, 11) is 0. The zero-order valence-corrected chi connectivity index (χ0v) is 14.0. The largest absolute Gasteiger partial charge is 0.489 e. The molecule has 1 heterocycles. The van der Waals surface area contributed by atoms with Crippen molar-refractivity contribution in [1.82, 2.24) is 4.98 Å². The van der Waals surface area contributed by atoms with Crippen LogP contribution in [0.2, 0.25) is 0 Å². The molecule has 3 aromatic rings. The number of pyridine rings is 1. The van der Waals surface area contributed by atoms with Crippen LogP contribution in [0.3, 0.4) is 0 Å². The second-order valence-corrected chi connectivity index (χ2v) is 5.81. The fourth-order valence-electron chi connectivity index (χ4n) is 2.57. The lowest BCUT2D eigenvalue weighted by atomic mass is 10.00. The third kappa shape index (κ3) is 4.23. The van der Waals surface area contributed by atoms with Crippen LogP contribution < -0.4 is 16.2 Å². The Hall–Kier alpha value is -3.25. The lowest BCUT2D eigenvalue weighted by Gasteiger charge is -2.11. The van der Waals surface area contributed by atoms with E-state index in [0.717, 1.165) is 5.56 Å². The van der Waals surface area contributed by atoms with Crippen molar-refractivity contribution in [2.24, 2.45) is 11.5 Å². The first kappa shape index (κ1) is 17.6. The predicted octanol–water partition coefficient (Wildman–Crippen LogP) is 3.02. The Labute approximate surface area is 150 Å². The fraction of sp³-hybridized carbons (Fsp3) is 0.100. The van der Waals surface area contributed by atoms with Gasteiger partial charge in [0.15, 0.2) is 0 Å². The summed E-state index contributed by atoms with van der Waals surface area (Å²) in [6.07, 6.45) is 3.34. The zero-order valence-electron chi connectivity index (χ0n) is 14.0. The molecule has 2 aromatic carbocycles. The molecule has 132 valence electrons. The van der Waals surface area contributed by atoms with Gasteiger partial charge < -0.3 is 16.2 Å². The van der Waals surface area contributed by atoms with E-state index in [-0.39, 0.29) is 12.1 Å². The Morgan fingerprint density at radius 3 is 2.42 bits per heavy atom. The van der Waals surface area contributed by atoms with Gasteiger partial charge in [0, 0.05) is 24.5 Å². The van der Waals surface area contributed by atoms with Crippen LogP contribution in [0.15, 0.2) is 60.9 Å². The van der Waals surface area contributed by atoms with Crippen molar-refractivity contribution in [3.63, 3.8) is 0 Å². The van der Waals surface area contributed by atoms with Gasteiger partial charge in [-0.25, -0.2) is 4.39 Å². The van der Waals surface area contributed by atoms with Gasteiger partial charge >= 0.3 is 0 Å². The summed E-state index contributed by atoms with van der Waals surface area (Å²) in [5.74, 6) is -0.519. The Bertz CT molecular complexity index is 930. The predicted molar refractivity (Wildman–Crippen MR) is 96.8 cm³/mol. The molecule has 0 bridgehead atoms. The number of halogens is 1. The van der Waals surface area contributed by atoms with Crippen LogP contribution in [-0.4, -0.2) is 10.9 Å². The van der Waals surface area contributed by atoms with E-state index in [2.05, 4.69) is 4.98 Å². The van der Waals surface area contributed by atoms with Crippen molar-refractivity contribution in [3.05, 3.63) is 83.4 Å². The van der Waals surface area contributed by atoms with E-state index >= 15 is 0 Å². The number of primary amides is 1. The number of nitrogens with zero attached hydrogens (tertiary/aromatic N) is 1. The number of amides is 1. The lowest BCUT2D eigenvalue weighted by Crippen LogP contribution is -2.11. The number of rotatable bonds is 6. The topological polar surface area (TPSA) is 91.2 Å². The quantitative estimate of drug-likeness (QED) is 0.714. The van der Waals surface area contributed by atoms with E-state index in [1.165, 1.54) is 12.1 Å². The summed E-state index contributed by atoms with van der Waals surface area (Å²) in [5, 5.41) is 0. The molecule has 0 spiro atoms. The molecule has 26 heavy (non-hydrogen) atoms. The molecule has 0 aliphatic carbocycles. The summed E-state index contributed by atoms with van der Waals surface area (Å²) in [6, 6.07) is 13.1. The zero-order chi connectivity index (χ0) is 18.5. The molecule has 3 rings (SSSR count). The smallest absolute Gasteiger partial charge is 0.248 e. The number of ether oxygens (including phenoxy) is 1. The molecule has 0 radical (unpaired) electrons. The van der Waals surface area contributed by atoms with Crippen LogP contribution in [0.1, 0.15) is 21.5 Å². The first-order valence-corrected chi connectivity index (χ1v) is 8.01. The Balaban J connectivity index is 1.96. The molecule has 1 amide bonds. The normalized spacial score (nSPS) is 10.5. The molecule has 0 saturated carbocycles. The molecule has 0 fully saturated rings. The standard InChI is InChI=1S/C20H18FN3O2/c21-18-6-14(11-22)5-15(8-18)16-7-17(20(23)25)10-19(9-16)26-12-13-1-3-24-4-2-13/h1-10H,11-12,22H2,(H2,23,25). The first-order chi connectivity index (χ1) is 12.5. The maximum absolute atomic E-state index is 13.8. The van der Waals surface area contributed by atoms with Gasteiger partial charge in [-0.3, -0.25) is 9.78 Å². The summed E-state index contributed by atoms with van der Waals surface area (Å²) in [5.41, 5.74) is 14.1. The molecule has 6 heteroatoms. The monoisotopic (exact) mass is 351 g/mol. The van der Waals surface area contributed by atoms with E-state index in [1.807, 2.05) is 12.1 Å². The van der Waals surface area contributed by atoms with Gasteiger partial charge in [0.25, 0.3) is 0 Å². The second kappa shape index (κ2) is 7.76. The third-order valence-corrected chi connectivity index (χ3v) is 3.87. The van der Waals surface area contributed by atoms with Gasteiger partial charge in [-0.05, 0) is 70.8 Å². The third-order valence-electron chi connectivity index (χ3n) is 3.87. The van der Waals surface area contributed by atoms with Gasteiger partial charge in [-0.1, -0.05) is 0 Å². The highest BCUT2D eigenvalue weighted by Gasteiger charge is 2.10. The van der Waals surface area contributed by atoms with Gasteiger partial charge in [-0.15, -0.1) is 0 Å². The summed E-state index contributed by atoms with van der Waals surface area (Å²) in [4.78, 5) is 15.6. The molecule has 0 aliphatic rings. The van der Waals surface area contributed by atoms with Crippen LogP contribution in [0, 0.1) is 5.82 Å². The Kier molecular flexibility index (Phi) is 5.24. The summed E-state index contributed by atoms with van der Waals surface area (Å²) in [6.45, 7) is 0.521. The molecule has 0 atom stereocenters. The average molecular weight is 351 g/mol. The maximum Gasteiger partial charge on any atom is 0.248 e. The molecule has 0 aliphatic heterocycles. The molecular formula is C20H18FN3O2. The van der Waals surface area contributed by atoms with Gasteiger partial charge in [-0.2, -0.15) is 0 Å². The van der Waals surface area contributed by atoms with Crippen molar-refractivity contribution in [1.29, 1.82) is 0 Å². The molecule has 0 unspecified atom stereocenters. The van der Waals surface area contributed by atoms with Crippen molar-refractivity contribution in [3.8, 4) is 16.9 Å². The minimum atomic E-state index is -0.587. The van der Waals surface area contributed by atoms with Gasteiger partial charge in [0.2, 0.25) is 5.91 Å². The number of carbonyl (C=O) groups excluding carboxylic acids is 1. The van der Waals surface area contributed by atoms with E-state index < -0.39 is 11.7 Å². The second-order valence-electron chi connectivity index (χ2n) is 5.81. The number of carbonyl (C=O) groups is 1. The van der Waals surface area contributed by atoms with Gasteiger partial charge in [0.05, 0.1) is 0 Å². The van der Waals surface area contributed by atoms with Crippen molar-refractivity contribution in [2.75, 3.05) is 0 Å². The Morgan fingerprint density at radius 2 is 1.73 bits per heavy atom. The minimum Gasteiger partial charge on any atom is -0.489 e. The number of hydrogen-bond acceptors (Lipinski definition) is 4. The summed E-state index contributed by atoms with van der Waals surface area (Å²) >= 11 is 0. The van der Waals surface area contributed by atoms with Gasteiger partial charge in [0.1, 0.15) is 18.2 Å². The van der Waals surface area contributed by atoms with Crippen molar-refractivity contribution in [2.45, 2.75) is 13.2 Å². The summed E-state index contributed by atoms with van der Waals surface area (Å²) < 4.78 is 19.6. The SMILES string of the molecule is NCc1cc(F)cc(-c2cc(OCc3ccncc3)cc(C(N)=O)c2)c1. The van der Waals surface area contributed by atoms with Crippen LogP contribution in [0.4, 0.5) is 4.39 Å². The molecular weight excluding hydrogens is 333 g/mol. The van der Waals surface area contributed by atoms with E-state index in [1.54, 1.807) is 36.7 Å². The lowest BCUT2D eigenvalue weighted by molar-refractivity contribution is 0.1000. The molecule has 4 N–H and O–H groups in total. The maximum atomic E-state index is 13.8. The Morgan fingerprint density at radius 1 is 1.00 bits per heavy atom. The average Bonchev–Trinajstić information content (AvgIpc) is 2.66. The molecule has 1 aromatic heterocycles. The van der Waals surface area contributed by atoms with Crippen molar-refractivity contribution < 1.29 is 13.9 Å². The van der Waals surface area contributed by atoms with E-state index in [9.17, 15) is 9.18 Å². The van der Waals surface area contributed by atoms with Crippen LogP contribution in [0.25, 0.3) is 11.1 Å². The first-order valence-electron chi connectivity index (χ1n) is 8.01. The van der Waals surface area contributed by atoms with Crippen molar-refractivity contribution >= 4 is 5.91 Å². The minimum absolute atomic E-state index is 0.214. The fourth-order valence-corrected chi connectivity index (χ4v) is 2.57. The van der Waals surface area contributed by atoms with Crippen LogP contribution in [0.5, 0.6) is 5.75 Å². The number of hydrogen-bond donors (Lipinski definition) is 2. The highest BCUT2D eigenvalue weighted by atomic mass is 19.1. The number of benzene rings is 2. The molecule has 5 nitrogen and oxygen atoms in total. The number of nitrogens with two attached hydrogens (primary N) is 2. The number of aromatic nitrogens is 1. The van der Waals surface area contributed by atoms with E-state index in [0.29, 0.717) is 29.0 Å². The highest BCUT2D eigenvalue weighted by Crippen LogP contribution is 2.28. The van der Waals surface area contributed by atoms with Crippen LogP contribution in [-0.2, 0) is 13.2 Å². The highest BCUT2D eigenvalue weighted by molar-refractivity contribution is 5.94. The van der Waals surface area contributed by atoms with Crippen LogP contribution >= 0.6 is 0 Å². The molecule has 0 saturated heterocycles.